The van der Waals surface area contributed by atoms with Crippen molar-refractivity contribution in [1.29, 1.82) is 0 Å². The number of esters is 1. The molecule has 94 valence electrons. The Morgan fingerprint density at radius 2 is 2.29 bits per heavy atom. The standard InChI is InChI=1S/C13H20N2O2/c1-4-7-14-12(8-13(16)17-3)11-6-5-10(2)15-9-11/h5-6,9,12,14H,4,7-8H2,1-3H3. The predicted molar refractivity (Wildman–Crippen MR) is 66.6 cm³/mol. The SMILES string of the molecule is CCCNC(CC(=O)OC)c1ccc(C)nc1. The van der Waals surface area contributed by atoms with Crippen LogP contribution in [0, 0.1) is 6.92 Å². The van der Waals surface area contributed by atoms with Gasteiger partial charge in [0, 0.05) is 17.9 Å². The molecule has 1 atom stereocenters. The number of carbonyl (C=O) groups excluding carboxylic acids is 1. The van der Waals surface area contributed by atoms with Crippen molar-refractivity contribution in [2.45, 2.75) is 32.7 Å². The van der Waals surface area contributed by atoms with Gasteiger partial charge in [0.15, 0.2) is 0 Å². The van der Waals surface area contributed by atoms with Crippen LogP contribution in [0.25, 0.3) is 0 Å². The van der Waals surface area contributed by atoms with Crippen molar-refractivity contribution in [2.24, 2.45) is 0 Å². The Hall–Kier alpha value is -1.42. The summed E-state index contributed by atoms with van der Waals surface area (Å²) in [6.07, 6.45) is 3.17. The first-order chi connectivity index (χ1) is 8.17. The van der Waals surface area contributed by atoms with Crippen LogP contribution < -0.4 is 5.32 Å². The number of aryl methyl sites for hydroxylation is 1. The Kier molecular flexibility index (Phi) is 5.63. The van der Waals surface area contributed by atoms with Gasteiger partial charge in [0.1, 0.15) is 0 Å². The lowest BCUT2D eigenvalue weighted by atomic mass is 10.1. The minimum absolute atomic E-state index is 0.0181. The van der Waals surface area contributed by atoms with Crippen molar-refractivity contribution in [3.05, 3.63) is 29.6 Å². The van der Waals surface area contributed by atoms with E-state index in [1.165, 1.54) is 7.11 Å². The van der Waals surface area contributed by atoms with Gasteiger partial charge in [-0.3, -0.25) is 9.78 Å². The number of nitrogens with one attached hydrogen (secondary N) is 1. The van der Waals surface area contributed by atoms with E-state index in [0.29, 0.717) is 6.42 Å². The second-order valence-corrected chi connectivity index (χ2v) is 4.02. The van der Waals surface area contributed by atoms with E-state index in [1.807, 2.05) is 25.3 Å². The third-order valence-corrected chi connectivity index (χ3v) is 2.58. The van der Waals surface area contributed by atoms with Crippen molar-refractivity contribution in [2.75, 3.05) is 13.7 Å². The minimum atomic E-state index is -0.209. The van der Waals surface area contributed by atoms with Crippen molar-refractivity contribution in [1.82, 2.24) is 10.3 Å². The van der Waals surface area contributed by atoms with Crippen LogP contribution in [0.5, 0.6) is 0 Å². The van der Waals surface area contributed by atoms with Crippen LogP contribution in [-0.4, -0.2) is 24.6 Å². The molecule has 0 saturated carbocycles. The molecule has 1 rings (SSSR count). The van der Waals surface area contributed by atoms with Gasteiger partial charge < -0.3 is 10.1 Å². The summed E-state index contributed by atoms with van der Waals surface area (Å²) in [5.74, 6) is -0.209. The number of pyridine rings is 1. The maximum Gasteiger partial charge on any atom is 0.307 e. The molecule has 1 unspecified atom stereocenters. The maximum absolute atomic E-state index is 11.3. The van der Waals surface area contributed by atoms with Gasteiger partial charge in [-0.05, 0) is 31.5 Å². The molecule has 0 spiro atoms. The number of hydrogen-bond acceptors (Lipinski definition) is 4. The molecule has 4 nitrogen and oxygen atoms in total. The highest BCUT2D eigenvalue weighted by Crippen LogP contribution is 2.16. The molecule has 1 aromatic rings. The number of nitrogens with zero attached hydrogens (tertiary/aromatic N) is 1. The van der Waals surface area contributed by atoms with Crippen LogP contribution in [0.1, 0.15) is 37.1 Å². The Balaban J connectivity index is 2.74. The van der Waals surface area contributed by atoms with Crippen LogP contribution in [0.3, 0.4) is 0 Å². The average molecular weight is 236 g/mol. The Bertz CT molecular complexity index is 349. The van der Waals surface area contributed by atoms with Gasteiger partial charge in [-0.1, -0.05) is 13.0 Å². The van der Waals surface area contributed by atoms with Crippen molar-refractivity contribution >= 4 is 5.97 Å². The van der Waals surface area contributed by atoms with Gasteiger partial charge in [0.05, 0.1) is 13.5 Å². The number of methoxy groups -OCH3 is 1. The second-order valence-electron chi connectivity index (χ2n) is 4.02. The van der Waals surface area contributed by atoms with E-state index in [4.69, 9.17) is 4.74 Å². The zero-order valence-electron chi connectivity index (χ0n) is 10.7. The van der Waals surface area contributed by atoms with Gasteiger partial charge in [-0.25, -0.2) is 0 Å². The smallest absolute Gasteiger partial charge is 0.307 e. The largest absolute Gasteiger partial charge is 0.469 e. The highest BCUT2D eigenvalue weighted by molar-refractivity contribution is 5.70. The molecule has 0 radical (unpaired) electrons. The normalized spacial score (nSPS) is 12.2. The summed E-state index contributed by atoms with van der Waals surface area (Å²) in [5, 5.41) is 3.33. The lowest BCUT2D eigenvalue weighted by molar-refractivity contribution is -0.141. The Morgan fingerprint density at radius 3 is 2.82 bits per heavy atom. The van der Waals surface area contributed by atoms with Gasteiger partial charge in [-0.15, -0.1) is 0 Å². The predicted octanol–water partition coefficient (Wildman–Crippen LogP) is 1.99. The molecule has 17 heavy (non-hydrogen) atoms. The zero-order chi connectivity index (χ0) is 12.7. The number of hydrogen-bond donors (Lipinski definition) is 1. The van der Waals surface area contributed by atoms with Crippen molar-refractivity contribution in [3.63, 3.8) is 0 Å². The molecule has 0 amide bonds. The first-order valence-electron chi connectivity index (χ1n) is 5.90. The first-order valence-corrected chi connectivity index (χ1v) is 5.90. The monoisotopic (exact) mass is 236 g/mol. The van der Waals surface area contributed by atoms with E-state index in [2.05, 4.69) is 17.2 Å². The summed E-state index contributed by atoms with van der Waals surface area (Å²) >= 11 is 0. The summed E-state index contributed by atoms with van der Waals surface area (Å²) in [4.78, 5) is 15.6. The van der Waals surface area contributed by atoms with Gasteiger partial charge in [0.2, 0.25) is 0 Å². The van der Waals surface area contributed by atoms with Crippen LogP contribution in [0.4, 0.5) is 0 Å². The van der Waals surface area contributed by atoms with Gasteiger partial charge in [0.25, 0.3) is 0 Å². The van der Waals surface area contributed by atoms with Gasteiger partial charge >= 0.3 is 5.97 Å². The molecule has 1 heterocycles. The summed E-state index contributed by atoms with van der Waals surface area (Å²) in [6.45, 7) is 4.91. The topological polar surface area (TPSA) is 51.2 Å². The van der Waals surface area contributed by atoms with Crippen LogP contribution in [-0.2, 0) is 9.53 Å². The van der Waals surface area contributed by atoms with E-state index >= 15 is 0 Å². The third kappa shape index (κ3) is 4.53. The molecule has 0 aliphatic heterocycles. The number of ether oxygens (including phenoxy) is 1. The van der Waals surface area contributed by atoms with E-state index in [1.54, 1.807) is 0 Å². The van der Waals surface area contributed by atoms with Gasteiger partial charge in [-0.2, -0.15) is 0 Å². The molecule has 1 aromatic heterocycles. The average Bonchev–Trinajstić information content (AvgIpc) is 2.35. The molecule has 0 bridgehead atoms. The second kappa shape index (κ2) is 7.01. The number of aromatic nitrogens is 1. The number of rotatable bonds is 6. The van der Waals surface area contributed by atoms with E-state index in [0.717, 1.165) is 24.2 Å². The van der Waals surface area contributed by atoms with Crippen molar-refractivity contribution in [3.8, 4) is 0 Å². The quantitative estimate of drug-likeness (QED) is 0.767. The molecule has 0 aliphatic rings. The summed E-state index contributed by atoms with van der Waals surface area (Å²) in [6, 6.07) is 3.93. The zero-order valence-corrected chi connectivity index (χ0v) is 10.7. The molecule has 0 fully saturated rings. The minimum Gasteiger partial charge on any atom is -0.469 e. The fourth-order valence-corrected chi connectivity index (χ4v) is 1.56. The molecule has 0 saturated heterocycles. The molecular formula is C13H20N2O2. The summed E-state index contributed by atoms with van der Waals surface area (Å²) in [5.41, 5.74) is 2.00. The summed E-state index contributed by atoms with van der Waals surface area (Å²) < 4.78 is 4.71. The Labute approximate surface area is 102 Å². The van der Waals surface area contributed by atoms with Crippen LogP contribution in [0.15, 0.2) is 18.3 Å². The fourth-order valence-electron chi connectivity index (χ4n) is 1.56. The highest BCUT2D eigenvalue weighted by Gasteiger charge is 2.15. The third-order valence-electron chi connectivity index (χ3n) is 2.58. The van der Waals surface area contributed by atoms with Crippen LogP contribution in [0.2, 0.25) is 0 Å². The summed E-state index contributed by atoms with van der Waals surface area (Å²) in [7, 11) is 1.41. The van der Waals surface area contributed by atoms with E-state index in [9.17, 15) is 4.79 Å². The molecule has 0 aliphatic carbocycles. The fraction of sp³-hybridized carbons (Fsp3) is 0.538. The molecule has 0 aromatic carbocycles. The number of carbonyl (C=O) groups is 1. The van der Waals surface area contributed by atoms with E-state index in [-0.39, 0.29) is 12.0 Å². The molecular weight excluding hydrogens is 216 g/mol. The van der Waals surface area contributed by atoms with Crippen molar-refractivity contribution < 1.29 is 9.53 Å². The molecule has 4 heteroatoms. The Morgan fingerprint density at radius 1 is 1.53 bits per heavy atom. The molecule has 1 N–H and O–H groups in total. The van der Waals surface area contributed by atoms with E-state index < -0.39 is 0 Å². The highest BCUT2D eigenvalue weighted by atomic mass is 16.5. The maximum atomic E-state index is 11.3. The first kappa shape index (κ1) is 13.6. The lowest BCUT2D eigenvalue weighted by Crippen LogP contribution is -2.25. The van der Waals surface area contributed by atoms with Crippen LogP contribution >= 0.6 is 0 Å². The lowest BCUT2D eigenvalue weighted by Gasteiger charge is -2.17.